The van der Waals surface area contributed by atoms with Crippen molar-refractivity contribution in [1.29, 1.82) is 0 Å². The van der Waals surface area contributed by atoms with Crippen LogP contribution in [0.2, 0.25) is 0 Å². The zero-order valence-electron chi connectivity index (χ0n) is 25.0. The molecule has 14 heteroatoms. The number of nitrogens with two attached hydrogens (primary N) is 1. The molecule has 2 aromatic carbocycles. The van der Waals surface area contributed by atoms with Crippen molar-refractivity contribution in [3.63, 3.8) is 0 Å². The quantitative estimate of drug-likeness (QED) is 0.123. The first-order valence-corrected chi connectivity index (χ1v) is 14.8. The van der Waals surface area contributed by atoms with Gasteiger partial charge >= 0.3 is 6.18 Å². The Morgan fingerprint density at radius 2 is 1.50 bits per heavy atom. The standard InChI is InChI=1S/C32H35F3N6O5/c33-32(34,35)24-8-6-23(7-9-24)28-26(30(42)41(40-28)31-38-27-2-1-14-37-29(27)39-31)12-5-22-3-10-25(11-4-22)46-21-20-45-19-18-44-17-16-43-15-13-36/h1-4,6-11,14,42H,5,12-13,15-21,36H2,(H,37,38,39). The molecule has 0 bridgehead atoms. The van der Waals surface area contributed by atoms with Crippen LogP contribution in [-0.2, 0) is 33.2 Å². The molecule has 46 heavy (non-hydrogen) atoms. The number of aromatic hydroxyl groups is 1. The van der Waals surface area contributed by atoms with Crippen molar-refractivity contribution in [2.45, 2.75) is 19.0 Å². The molecule has 0 fully saturated rings. The van der Waals surface area contributed by atoms with Crippen LogP contribution in [0.25, 0.3) is 28.4 Å². The van der Waals surface area contributed by atoms with Crippen molar-refractivity contribution in [2.75, 3.05) is 52.8 Å². The minimum atomic E-state index is -4.47. The van der Waals surface area contributed by atoms with Gasteiger partial charge in [0.2, 0.25) is 11.8 Å². The van der Waals surface area contributed by atoms with E-state index in [9.17, 15) is 18.3 Å². The summed E-state index contributed by atoms with van der Waals surface area (Å²) in [6.07, 6.45) is -1.99. The molecule has 0 atom stereocenters. The molecule has 0 amide bonds. The van der Waals surface area contributed by atoms with Crippen LogP contribution in [0.4, 0.5) is 13.2 Å². The van der Waals surface area contributed by atoms with Gasteiger partial charge in [-0.15, -0.1) is 0 Å². The lowest BCUT2D eigenvalue weighted by molar-refractivity contribution is -0.137. The van der Waals surface area contributed by atoms with E-state index in [4.69, 9.17) is 24.7 Å². The van der Waals surface area contributed by atoms with Gasteiger partial charge in [-0.25, -0.2) is 4.98 Å². The zero-order valence-corrected chi connectivity index (χ0v) is 25.0. The van der Waals surface area contributed by atoms with Gasteiger partial charge in [0.25, 0.3) is 0 Å². The molecule has 244 valence electrons. The Hall–Kier alpha value is -4.50. The number of hydrogen-bond acceptors (Lipinski definition) is 9. The summed E-state index contributed by atoms with van der Waals surface area (Å²) < 4.78 is 62.8. The number of hydrogen-bond donors (Lipinski definition) is 3. The van der Waals surface area contributed by atoms with E-state index in [-0.39, 0.29) is 11.8 Å². The number of rotatable bonds is 17. The van der Waals surface area contributed by atoms with Crippen LogP contribution in [0.15, 0.2) is 66.9 Å². The van der Waals surface area contributed by atoms with E-state index in [1.165, 1.54) is 16.8 Å². The molecule has 3 aromatic heterocycles. The lowest BCUT2D eigenvalue weighted by Gasteiger charge is -2.09. The van der Waals surface area contributed by atoms with E-state index < -0.39 is 11.7 Å². The van der Waals surface area contributed by atoms with E-state index in [0.29, 0.717) is 99.4 Å². The highest BCUT2D eigenvalue weighted by atomic mass is 19.4. The van der Waals surface area contributed by atoms with Gasteiger partial charge < -0.3 is 34.8 Å². The summed E-state index contributed by atoms with van der Waals surface area (Å²) in [7, 11) is 0. The molecule has 0 saturated heterocycles. The summed E-state index contributed by atoms with van der Waals surface area (Å²) in [5.74, 6) is 0.746. The van der Waals surface area contributed by atoms with Crippen LogP contribution in [0.3, 0.4) is 0 Å². The third-order valence-electron chi connectivity index (χ3n) is 6.98. The topological polar surface area (TPSA) is 143 Å². The average Bonchev–Trinajstić information content (AvgIpc) is 3.63. The number of aromatic amines is 1. The summed E-state index contributed by atoms with van der Waals surface area (Å²) in [6.45, 7) is 3.69. The fraction of sp³-hybridized carbons (Fsp3) is 0.344. The molecule has 0 aliphatic rings. The Balaban J connectivity index is 1.21. The van der Waals surface area contributed by atoms with Gasteiger partial charge in [0.15, 0.2) is 5.65 Å². The van der Waals surface area contributed by atoms with Gasteiger partial charge in [-0.05, 0) is 54.8 Å². The van der Waals surface area contributed by atoms with E-state index in [1.54, 1.807) is 18.3 Å². The van der Waals surface area contributed by atoms with E-state index >= 15 is 0 Å². The zero-order chi connectivity index (χ0) is 32.4. The maximum absolute atomic E-state index is 13.2. The maximum atomic E-state index is 13.2. The number of halogens is 3. The number of nitrogens with zero attached hydrogens (tertiary/aromatic N) is 4. The second kappa shape index (κ2) is 15.7. The average molecular weight is 641 g/mol. The second-order valence-electron chi connectivity index (χ2n) is 10.2. The van der Waals surface area contributed by atoms with Crippen molar-refractivity contribution in [1.82, 2.24) is 24.7 Å². The molecule has 3 heterocycles. The highest BCUT2D eigenvalue weighted by Gasteiger charge is 2.30. The SMILES string of the molecule is NCCOCCOCCOCCOc1ccc(CCc2c(-c3ccc(C(F)(F)F)cc3)nn(-c3nc4ncccc4[nH]3)c2O)cc1. The highest BCUT2D eigenvalue weighted by Crippen LogP contribution is 2.35. The molecule has 5 rings (SSSR count). The first-order valence-electron chi connectivity index (χ1n) is 14.8. The number of imidazole rings is 1. The molecular weight excluding hydrogens is 605 g/mol. The summed E-state index contributed by atoms with van der Waals surface area (Å²) in [6, 6.07) is 15.8. The van der Waals surface area contributed by atoms with Crippen molar-refractivity contribution in [3.8, 4) is 28.8 Å². The van der Waals surface area contributed by atoms with Crippen LogP contribution in [0.5, 0.6) is 11.6 Å². The minimum absolute atomic E-state index is 0.167. The number of H-pyrrole nitrogens is 1. The number of nitrogens with one attached hydrogen (secondary N) is 1. The number of aromatic nitrogens is 5. The highest BCUT2D eigenvalue weighted by molar-refractivity contribution is 5.72. The number of ether oxygens (including phenoxy) is 4. The molecular formula is C32H35F3N6O5. The molecule has 4 N–H and O–H groups in total. The van der Waals surface area contributed by atoms with Gasteiger partial charge in [0.05, 0.1) is 50.7 Å². The van der Waals surface area contributed by atoms with E-state index in [0.717, 1.165) is 17.7 Å². The van der Waals surface area contributed by atoms with Crippen molar-refractivity contribution >= 4 is 11.2 Å². The Morgan fingerprint density at radius 3 is 2.15 bits per heavy atom. The molecule has 0 unspecified atom stereocenters. The van der Waals surface area contributed by atoms with Gasteiger partial charge in [-0.1, -0.05) is 24.3 Å². The third-order valence-corrected chi connectivity index (χ3v) is 6.98. The van der Waals surface area contributed by atoms with Crippen molar-refractivity contribution in [3.05, 3.63) is 83.6 Å². The van der Waals surface area contributed by atoms with Gasteiger partial charge in [0, 0.05) is 23.9 Å². The Bertz CT molecular complexity index is 1640. The van der Waals surface area contributed by atoms with Gasteiger partial charge in [-0.3, -0.25) is 0 Å². The predicted molar refractivity (Wildman–Crippen MR) is 164 cm³/mol. The largest absolute Gasteiger partial charge is 0.493 e. The number of benzene rings is 2. The monoisotopic (exact) mass is 640 g/mol. The number of pyridine rings is 1. The number of alkyl halides is 3. The van der Waals surface area contributed by atoms with Crippen LogP contribution in [0, 0.1) is 0 Å². The maximum Gasteiger partial charge on any atom is 0.416 e. The molecule has 0 saturated carbocycles. The summed E-state index contributed by atoms with van der Waals surface area (Å²) in [4.78, 5) is 11.7. The molecule has 0 spiro atoms. The molecule has 0 aliphatic carbocycles. The molecule has 11 nitrogen and oxygen atoms in total. The summed E-state index contributed by atoms with van der Waals surface area (Å²) in [5, 5.41) is 15.8. The fourth-order valence-corrected chi connectivity index (χ4v) is 4.67. The Morgan fingerprint density at radius 1 is 0.826 bits per heavy atom. The molecule has 0 aliphatic heterocycles. The molecule has 5 aromatic rings. The summed E-state index contributed by atoms with van der Waals surface area (Å²) >= 11 is 0. The Kier molecular flexibility index (Phi) is 11.2. The van der Waals surface area contributed by atoms with Crippen LogP contribution in [0.1, 0.15) is 16.7 Å². The minimum Gasteiger partial charge on any atom is -0.493 e. The van der Waals surface area contributed by atoms with Crippen molar-refractivity contribution < 1.29 is 37.2 Å². The number of aryl methyl sites for hydroxylation is 1. The van der Waals surface area contributed by atoms with Gasteiger partial charge in [0.1, 0.15) is 18.1 Å². The van der Waals surface area contributed by atoms with Crippen LogP contribution >= 0.6 is 0 Å². The first kappa shape index (κ1) is 32.9. The van der Waals surface area contributed by atoms with Gasteiger partial charge in [-0.2, -0.15) is 27.9 Å². The normalized spacial score (nSPS) is 11.8. The molecule has 0 radical (unpaired) electrons. The van der Waals surface area contributed by atoms with E-state index in [1.807, 2.05) is 24.3 Å². The number of fused-ring (bicyclic) bond motifs is 1. The first-order chi connectivity index (χ1) is 22.3. The lowest BCUT2D eigenvalue weighted by Crippen LogP contribution is -2.14. The lowest BCUT2D eigenvalue weighted by atomic mass is 10.00. The van der Waals surface area contributed by atoms with Crippen molar-refractivity contribution in [2.24, 2.45) is 5.73 Å². The second-order valence-corrected chi connectivity index (χ2v) is 10.2. The smallest absolute Gasteiger partial charge is 0.416 e. The van der Waals surface area contributed by atoms with Crippen LogP contribution < -0.4 is 10.5 Å². The Labute approximate surface area is 263 Å². The summed E-state index contributed by atoms with van der Waals surface area (Å²) in [5.41, 5.74) is 7.89. The predicted octanol–water partition coefficient (Wildman–Crippen LogP) is 4.71. The fourth-order valence-electron chi connectivity index (χ4n) is 4.67. The third kappa shape index (κ3) is 8.60. The van der Waals surface area contributed by atoms with E-state index in [2.05, 4.69) is 20.1 Å². The van der Waals surface area contributed by atoms with Crippen LogP contribution in [-0.4, -0.2) is 82.6 Å².